The Labute approximate surface area is 109 Å². The number of carbonyl (C=O) groups excluding carboxylic acids is 1. The molecule has 1 aromatic rings. The van der Waals surface area contributed by atoms with Crippen LogP contribution in [0.2, 0.25) is 0 Å². The van der Waals surface area contributed by atoms with E-state index >= 15 is 0 Å². The van der Waals surface area contributed by atoms with Crippen molar-refractivity contribution < 1.29 is 9.90 Å². The van der Waals surface area contributed by atoms with E-state index < -0.39 is 11.2 Å². The first kappa shape index (κ1) is 13.5. The van der Waals surface area contributed by atoms with Crippen LogP contribution in [0.5, 0.6) is 0 Å². The SMILES string of the molecule is Cn1c(=O)ccn(CC(=O)N2CCC(O)CC2)c1=O. The maximum atomic E-state index is 12.0. The van der Waals surface area contributed by atoms with Crippen molar-refractivity contribution in [2.75, 3.05) is 13.1 Å². The van der Waals surface area contributed by atoms with Crippen molar-refractivity contribution in [2.24, 2.45) is 7.05 Å². The zero-order valence-electron chi connectivity index (χ0n) is 10.8. The first-order valence-electron chi connectivity index (χ1n) is 6.21. The summed E-state index contributed by atoms with van der Waals surface area (Å²) in [7, 11) is 1.38. The van der Waals surface area contributed by atoms with Gasteiger partial charge in [-0.1, -0.05) is 0 Å². The number of piperidine rings is 1. The zero-order chi connectivity index (χ0) is 14.0. The van der Waals surface area contributed by atoms with Gasteiger partial charge in [-0.05, 0) is 12.8 Å². The molecular formula is C12H17N3O4. The third kappa shape index (κ3) is 2.93. The summed E-state index contributed by atoms with van der Waals surface area (Å²) in [5.74, 6) is -0.173. The molecule has 19 heavy (non-hydrogen) atoms. The normalized spacial score (nSPS) is 16.6. The van der Waals surface area contributed by atoms with Crippen LogP contribution in [0.15, 0.2) is 21.9 Å². The average Bonchev–Trinajstić information content (AvgIpc) is 2.40. The maximum Gasteiger partial charge on any atom is 0.331 e. The molecule has 0 unspecified atom stereocenters. The monoisotopic (exact) mass is 267 g/mol. The van der Waals surface area contributed by atoms with Gasteiger partial charge < -0.3 is 10.0 Å². The van der Waals surface area contributed by atoms with Gasteiger partial charge in [0.15, 0.2) is 0 Å². The quantitative estimate of drug-likeness (QED) is 0.709. The van der Waals surface area contributed by atoms with E-state index in [0.717, 1.165) is 4.57 Å². The van der Waals surface area contributed by atoms with Crippen LogP contribution in [0.1, 0.15) is 12.8 Å². The Bertz CT molecular complexity index is 581. The molecule has 1 amide bonds. The molecule has 1 N–H and O–H groups in total. The second-order valence-corrected chi connectivity index (χ2v) is 4.74. The summed E-state index contributed by atoms with van der Waals surface area (Å²) in [4.78, 5) is 36.7. The first-order valence-corrected chi connectivity index (χ1v) is 6.21. The van der Waals surface area contributed by atoms with Gasteiger partial charge in [-0.2, -0.15) is 0 Å². The van der Waals surface area contributed by atoms with Gasteiger partial charge in [-0.25, -0.2) is 4.79 Å². The Morgan fingerprint density at radius 3 is 2.63 bits per heavy atom. The van der Waals surface area contributed by atoms with Crippen molar-refractivity contribution in [1.29, 1.82) is 0 Å². The van der Waals surface area contributed by atoms with Crippen LogP contribution >= 0.6 is 0 Å². The molecule has 0 aromatic carbocycles. The highest BCUT2D eigenvalue weighted by Gasteiger charge is 2.21. The van der Waals surface area contributed by atoms with Gasteiger partial charge in [0.2, 0.25) is 5.91 Å². The fraction of sp³-hybridized carbons (Fsp3) is 0.583. The van der Waals surface area contributed by atoms with Crippen LogP contribution in [0.25, 0.3) is 0 Å². The number of amides is 1. The van der Waals surface area contributed by atoms with E-state index in [1.807, 2.05) is 0 Å². The van der Waals surface area contributed by atoms with Crippen LogP contribution in [-0.4, -0.2) is 44.2 Å². The summed E-state index contributed by atoms with van der Waals surface area (Å²) < 4.78 is 2.18. The molecule has 0 atom stereocenters. The lowest BCUT2D eigenvalue weighted by Crippen LogP contribution is -2.44. The Hall–Kier alpha value is -1.89. The van der Waals surface area contributed by atoms with Gasteiger partial charge in [0.05, 0.1) is 6.10 Å². The molecule has 1 aliphatic rings. The Balaban J connectivity index is 2.09. The summed E-state index contributed by atoms with van der Waals surface area (Å²) in [6.07, 6.45) is 2.12. The summed E-state index contributed by atoms with van der Waals surface area (Å²) in [5.41, 5.74) is -0.896. The van der Waals surface area contributed by atoms with Gasteiger partial charge in [-0.15, -0.1) is 0 Å². The van der Waals surface area contributed by atoms with Crippen molar-refractivity contribution in [3.63, 3.8) is 0 Å². The predicted octanol–water partition coefficient (Wildman–Crippen LogP) is -1.47. The van der Waals surface area contributed by atoms with E-state index in [1.165, 1.54) is 23.9 Å². The van der Waals surface area contributed by atoms with E-state index in [-0.39, 0.29) is 18.6 Å². The highest BCUT2D eigenvalue weighted by molar-refractivity contribution is 5.76. The van der Waals surface area contributed by atoms with Crippen LogP contribution in [0.3, 0.4) is 0 Å². The molecule has 0 saturated carbocycles. The van der Waals surface area contributed by atoms with E-state index in [4.69, 9.17) is 0 Å². The number of aliphatic hydroxyl groups is 1. The third-order valence-electron chi connectivity index (χ3n) is 3.38. The second kappa shape index (κ2) is 5.40. The Morgan fingerprint density at radius 1 is 1.37 bits per heavy atom. The predicted molar refractivity (Wildman–Crippen MR) is 67.8 cm³/mol. The molecule has 0 spiro atoms. The number of hydrogen-bond acceptors (Lipinski definition) is 4. The Morgan fingerprint density at radius 2 is 2.00 bits per heavy atom. The van der Waals surface area contributed by atoms with E-state index in [9.17, 15) is 19.5 Å². The maximum absolute atomic E-state index is 12.0. The number of aliphatic hydroxyl groups excluding tert-OH is 1. The van der Waals surface area contributed by atoms with Crippen molar-refractivity contribution in [1.82, 2.24) is 14.0 Å². The minimum Gasteiger partial charge on any atom is -0.393 e. The number of nitrogens with zero attached hydrogens (tertiary/aromatic N) is 3. The van der Waals surface area contributed by atoms with E-state index in [1.54, 1.807) is 4.90 Å². The van der Waals surface area contributed by atoms with Gasteiger partial charge in [0.1, 0.15) is 6.54 Å². The molecule has 0 radical (unpaired) electrons. The van der Waals surface area contributed by atoms with Crippen molar-refractivity contribution in [2.45, 2.75) is 25.5 Å². The number of hydrogen-bond donors (Lipinski definition) is 1. The zero-order valence-corrected chi connectivity index (χ0v) is 10.8. The molecular weight excluding hydrogens is 250 g/mol. The number of aromatic nitrogens is 2. The van der Waals surface area contributed by atoms with E-state index in [2.05, 4.69) is 0 Å². The lowest BCUT2D eigenvalue weighted by atomic mass is 10.1. The van der Waals surface area contributed by atoms with Crippen molar-refractivity contribution >= 4 is 5.91 Å². The highest BCUT2D eigenvalue weighted by atomic mass is 16.3. The molecule has 0 aliphatic carbocycles. The molecule has 2 rings (SSSR count). The van der Waals surface area contributed by atoms with Crippen molar-refractivity contribution in [3.8, 4) is 0 Å². The second-order valence-electron chi connectivity index (χ2n) is 4.74. The number of carbonyl (C=O) groups is 1. The minimum atomic E-state index is -0.502. The smallest absolute Gasteiger partial charge is 0.331 e. The van der Waals surface area contributed by atoms with Crippen LogP contribution in [0, 0.1) is 0 Å². The van der Waals surface area contributed by atoms with Crippen LogP contribution < -0.4 is 11.2 Å². The fourth-order valence-electron chi connectivity index (χ4n) is 2.10. The molecule has 1 fully saturated rings. The number of rotatable bonds is 2. The molecule has 1 saturated heterocycles. The molecule has 104 valence electrons. The lowest BCUT2D eigenvalue weighted by molar-refractivity contribution is -0.133. The van der Waals surface area contributed by atoms with Crippen LogP contribution in [-0.2, 0) is 18.4 Å². The standard InChI is InChI=1S/C12H17N3O4/c1-13-10(17)4-7-15(12(13)19)8-11(18)14-5-2-9(16)3-6-14/h4,7,9,16H,2-3,5-6,8H2,1H3. The Kier molecular flexibility index (Phi) is 3.84. The van der Waals surface area contributed by atoms with E-state index in [0.29, 0.717) is 25.9 Å². The highest BCUT2D eigenvalue weighted by Crippen LogP contribution is 2.10. The summed E-state index contributed by atoms with van der Waals surface area (Å²) >= 11 is 0. The molecule has 7 heteroatoms. The lowest BCUT2D eigenvalue weighted by Gasteiger charge is -2.29. The third-order valence-corrected chi connectivity index (χ3v) is 3.38. The molecule has 1 aromatic heterocycles. The molecule has 1 aliphatic heterocycles. The summed E-state index contributed by atoms with van der Waals surface area (Å²) in [5, 5.41) is 9.38. The number of likely N-dealkylation sites (tertiary alicyclic amines) is 1. The van der Waals surface area contributed by atoms with Crippen molar-refractivity contribution in [3.05, 3.63) is 33.1 Å². The van der Waals surface area contributed by atoms with Crippen LogP contribution in [0.4, 0.5) is 0 Å². The fourth-order valence-corrected chi connectivity index (χ4v) is 2.10. The van der Waals surface area contributed by atoms with Gasteiger partial charge in [0, 0.05) is 32.4 Å². The minimum absolute atomic E-state index is 0.0803. The molecule has 0 bridgehead atoms. The molecule has 7 nitrogen and oxygen atoms in total. The van der Waals surface area contributed by atoms with Gasteiger partial charge >= 0.3 is 5.69 Å². The summed E-state index contributed by atoms with van der Waals surface area (Å²) in [6.45, 7) is 0.921. The topological polar surface area (TPSA) is 84.5 Å². The largest absolute Gasteiger partial charge is 0.393 e. The van der Waals surface area contributed by atoms with Gasteiger partial charge in [-0.3, -0.25) is 18.7 Å². The summed E-state index contributed by atoms with van der Waals surface area (Å²) in [6, 6.07) is 1.26. The first-order chi connectivity index (χ1) is 8.99. The average molecular weight is 267 g/mol. The van der Waals surface area contributed by atoms with Gasteiger partial charge in [0.25, 0.3) is 5.56 Å². The molecule has 2 heterocycles.